The van der Waals surface area contributed by atoms with Crippen LogP contribution in [0.3, 0.4) is 0 Å². The largest absolute Gasteiger partial charge is 0.490 e. The summed E-state index contributed by atoms with van der Waals surface area (Å²) in [6.07, 6.45) is 6.46. The van der Waals surface area contributed by atoms with Crippen LogP contribution in [0.2, 0.25) is 5.02 Å². The van der Waals surface area contributed by atoms with Gasteiger partial charge in [0.1, 0.15) is 6.61 Å². The molecule has 0 radical (unpaired) electrons. The summed E-state index contributed by atoms with van der Waals surface area (Å²) in [5, 5.41) is 4.24. The lowest BCUT2D eigenvalue weighted by molar-refractivity contribution is 0.269. The standard InChI is InChI=1S/C23H31BrClNO2/c1-3-5-6-7-8-12-26-16-19-14-22(27-4-2)23(15-21(19)24)28-17-18-10-9-11-20(25)13-18/h9-11,13-15,26H,3-8,12,16-17H2,1-2H3. The minimum atomic E-state index is 0.447. The van der Waals surface area contributed by atoms with Crippen LogP contribution in [0.4, 0.5) is 0 Å². The molecule has 0 amide bonds. The Hall–Kier alpha value is -1.23. The van der Waals surface area contributed by atoms with Crippen molar-refractivity contribution in [1.82, 2.24) is 5.32 Å². The predicted octanol–water partition coefficient (Wildman–Crippen LogP) is 7.14. The Balaban J connectivity index is 1.94. The molecule has 5 heteroatoms. The van der Waals surface area contributed by atoms with Crippen molar-refractivity contribution in [3.63, 3.8) is 0 Å². The van der Waals surface area contributed by atoms with Crippen LogP contribution in [-0.2, 0) is 13.2 Å². The number of unbranched alkanes of at least 4 members (excludes halogenated alkanes) is 4. The molecule has 0 atom stereocenters. The Kier molecular flexibility index (Phi) is 10.8. The quantitative estimate of drug-likeness (QED) is 0.317. The molecule has 0 spiro atoms. The second-order valence-corrected chi connectivity index (χ2v) is 8.12. The van der Waals surface area contributed by atoms with Crippen molar-refractivity contribution in [3.8, 4) is 11.5 Å². The highest BCUT2D eigenvalue weighted by Crippen LogP contribution is 2.34. The Morgan fingerprint density at radius 1 is 0.964 bits per heavy atom. The lowest BCUT2D eigenvalue weighted by Crippen LogP contribution is -2.15. The van der Waals surface area contributed by atoms with Crippen LogP contribution in [-0.4, -0.2) is 13.2 Å². The van der Waals surface area contributed by atoms with Gasteiger partial charge in [-0.25, -0.2) is 0 Å². The van der Waals surface area contributed by atoms with Crippen molar-refractivity contribution in [2.75, 3.05) is 13.2 Å². The van der Waals surface area contributed by atoms with Crippen LogP contribution in [0.15, 0.2) is 40.9 Å². The summed E-state index contributed by atoms with van der Waals surface area (Å²) in [7, 11) is 0. The molecular formula is C23H31BrClNO2. The molecule has 28 heavy (non-hydrogen) atoms. The molecule has 0 saturated carbocycles. The molecule has 2 aromatic rings. The third-order valence-corrected chi connectivity index (χ3v) is 5.44. The van der Waals surface area contributed by atoms with Gasteiger partial charge in [-0.15, -0.1) is 0 Å². The van der Waals surface area contributed by atoms with Crippen molar-refractivity contribution in [1.29, 1.82) is 0 Å². The fourth-order valence-corrected chi connectivity index (χ4v) is 3.63. The zero-order chi connectivity index (χ0) is 20.2. The van der Waals surface area contributed by atoms with Gasteiger partial charge in [-0.1, -0.05) is 72.3 Å². The van der Waals surface area contributed by atoms with Gasteiger partial charge >= 0.3 is 0 Å². The Labute approximate surface area is 182 Å². The number of halogens is 2. The van der Waals surface area contributed by atoms with E-state index in [1.807, 2.05) is 37.3 Å². The van der Waals surface area contributed by atoms with E-state index in [2.05, 4.69) is 34.2 Å². The van der Waals surface area contributed by atoms with Gasteiger partial charge in [0.15, 0.2) is 11.5 Å². The van der Waals surface area contributed by atoms with Gasteiger partial charge in [-0.2, -0.15) is 0 Å². The molecule has 2 aromatic carbocycles. The second kappa shape index (κ2) is 13.1. The summed E-state index contributed by atoms with van der Waals surface area (Å²) in [5.74, 6) is 1.50. The van der Waals surface area contributed by atoms with Crippen molar-refractivity contribution in [3.05, 3.63) is 57.0 Å². The van der Waals surface area contributed by atoms with Gasteiger partial charge in [-0.3, -0.25) is 0 Å². The molecule has 0 aliphatic rings. The van der Waals surface area contributed by atoms with E-state index in [0.717, 1.165) is 34.6 Å². The van der Waals surface area contributed by atoms with Crippen LogP contribution in [0.5, 0.6) is 11.5 Å². The molecule has 0 aliphatic carbocycles. The predicted molar refractivity (Wildman–Crippen MR) is 122 cm³/mol. The molecule has 0 unspecified atom stereocenters. The molecule has 1 N–H and O–H groups in total. The van der Waals surface area contributed by atoms with E-state index in [0.29, 0.717) is 18.2 Å². The smallest absolute Gasteiger partial charge is 0.162 e. The maximum absolute atomic E-state index is 6.05. The zero-order valence-corrected chi connectivity index (χ0v) is 19.2. The van der Waals surface area contributed by atoms with Gasteiger partial charge in [0.25, 0.3) is 0 Å². The van der Waals surface area contributed by atoms with Crippen molar-refractivity contribution >= 4 is 27.5 Å². The van der Waals surface area contributed by atoms with Crippen LogP contribution in [0, 0.1) is 0 Å². The Bertz CT molecular complexity index is 724. The van der Waals surface area contributed by atoms with Crippen LogP contribution in [0.1, 0.15) is 57.1 Å². The summed E-state index contributed by atoms with van der Waals surface area (Å²) >= 11 is 9.73. The monoisotopic (exact) mass is 467 g/mol. The van der Waals surface area contributed by atoms with Gasteiger partial charge < -0.3 is 14.8 Å². The molecule has 0 aliphatic heterocycles. The summed E-state index contributed by atoms with van der Waals surface area (Å²) < 4.78 is 12.9. The molecule has 0 heterocycles. The van der Waals surface area contributed by atoms with E-state index in [9.17, 15) is 0 Å². The number of nitrogens with one attached hydrogen (secondary N) is 1. The van der Waals surface area contributed by atoms with Crippen LogP contribution < -0.4 is 14.8 Å². The third kappa shape index (κ3) is 8.02. The lowest BCUT2D eigenvalue weighted by Gasteiger charge is -2.15. The number of rotatable bonds is 13. The van der Waals surface area contributed by atoms with E-state index < -0.39 is 0 Å². The molecule has 0 bridgehead atoms. The van der Waals surface area contributed by atoms with E-state index in [4.69, 9.17) is 21.1 Å². The number of hydrogen-bond donors (Lipinski definition) is 1. The fraction of sp³-hybridized carbons (Fsp3) is 0.478. The third-order valence-electron chi connectivity index (χ3n) is 4.47. The summed E-state index contributed by atoms with van der Waals surface area (Å²) in [4.78, 5) is 0. The fourth-order valence-electron chi connectivity index (χ4n) is 2.96. The van der Waals surface area contributed by atoms with E-state index >= 15 is 0 Å². The topological polar surface area (TPSA) is 30.5 Å². The maximum Gasteiger partial charge on any atom is 0.162 e. The average Bonchev–Trinajstić information content (AvgIpc) is 2.68. The highest BCUT2D eigenvalue weighted by molar-refractivity contribution is 9.10. The summed E-state index contributed by atoms with van der Waals surface area (Å²) in [6.45, 7) is 7.11. The Morgan fingerprint density at radius 3 is 2.50 bits per heavy atom. The molecule has 154 valence electrons. The van der Waals surface area contributed by atoms with Gasteiger partial charge in [0.2, 0.25) is 0 Å². The van der Waals surface area contributed by atoms with Crippen LogP contribution in [0.25, 0.3) is 0 Å². The van der Waals surface area contributed by atoms with E-state index in [1.165, 1.54) is 37.7 Å². The van der Waals surface area contributed by atoms with Crippen molar-refractivity contribution in [2.45, 2.75) is 59.1 Å². The van der Waals surface area contributed by atoms with Gasteiger partial charge in [-0.05, 0) is 55.3 Å². The van der Waals surface area contributed by atoms with E-state index in [1.54, 1.807) is 0 Å². The molecule has 0 fully saturated rings. The SMILES string of the molecule is CCCCCCCNCc1cc(OCC)c(OCc2cccc(Cl)c2)cc1Br. The first-order valence-corrected chi connectivity index (χ1v) is 11.3. The highest BCUT2D eigenvalue weighted by Gasteiger charge is 2.11. The first kappa shape index (κ1) is 23.1. The van der Waals surface area contributed by atoms with E-state index in [-0.39, 0.29) is 0 Å². The minimum absolute atomic E-state index is 0.447. The first-order chi connectivity index (χ1) is 13.6. The first-order valence-electron chi connectivity index (χ1n) is 10.2. The van der Waals surface area contributed by atoms with Crippen molar-refractivity contribution in [2.24, 2.45) is 0 Å². The highest BCUT2D eigenvalue weighted by atomic mass is 79.9. The Morgan fingerprint density at radius 2 is 1.75 bits per heavy atom. The zero-order valence-electron chi connectivity index (χ0n) is 16.9. The van der Waals surface area contributed by atoms with Crippen molar-refractivity contribution < 1.29 is 9.47 Å². The molecule has 3 nitrogen and oxygen atoms in total. The molecular weight excluding hydrogens is 438 g/mol. The molecule has 0 saturated heterocycles. The maximum atomic E-state index is 6.05. The van der Waals surface area contributed by atoms with Crippen LogP contribution >= 0.6 is 27.5 Å². The minimum Gasteiger partial charge on any atom is -0.490 e. The normalized spacial score (nSPS) is 10.9. The molecule has 2 rings (SSSR count). The number of benzene rings is 2. The molecule has 0 aromatic heterocycles. The lowest BCUT2D eigenvalue weighted by atomic mass is 10.1. The van der Waals surface area contributed by atoms with Gasteiger partial charge in [0, 0.05) is 16.0 Å². The van der Waals surface area contributed by atoms with Gasteiger partial charge in [0.05, 0.1) is 6.61 Å². The average molecular weight is 469 g/mol. The second-order valence-electron chi connectivity index (χ2n) is 6.83. The number of ether oxygens (including phenoxy) is 2. The number of hydrogen-bond acceptors (Lipinski definition) is 3. The summed E-state index contributed by atoms with van der Waals surface area (Å²) in [5.41, 5.74) is 2.20. The summed E-state index contributed by atoms with van der Waals surface area (Å²) in [6, 6.07) is 11.8.